The smallest absolute Gasteiger partial charge is 0.313 e. The molecule has 2 N–H and O–H groups in total. The van der Waals surface area contributed by atoms with E-state index in [9.17, 15) is 18.0 Å². The molecule has 2 aromatic carbocycles. The zero-order chi connectivity index (χ0) is 21.7. The van der Waals surface area contributed by atoms with Gasteiger partial charge in [0.15, 0.2) is 0 Å². The molecule has 2 aromatic rings. The van der Waals surface area contributed by atoms with Gasteiger partial charge in [-0.25, -0.2) is 8.42 Å². The van der Waals surface area contributed by atoms with Crippen LogP contribution in [-0.2, 0) is 19.6 Å². The normalized spacial score (nSPS) is 16.8. The highest BCUT2D eigenvalue weighted by Crippen LogP contribution is 2.26. The van der Waals surface area contributed by atoms with Gasteiger partial charge in [0.05, 0.1) is 17.7 Å². The second-order valence-electron chi connectivity index (χ2n) is 7.09. The predicted molar refractivity (Wildman–Crippen MR) is 113 cm³/mol. The van der Waals surface area contributed by atoms with Gasteiger partial charge in [-0.2, -0.15) is 4.31 Å². The van der Waals surface area contributed by atoms with Crippen LogP contribution in [0.2, 0.25) is 0 Å². The fourth-order valence-corrected chi connectivity index (χ4v) is 5.09. The molecule has 1 fully saturated rings. The number of amides is 2. The molecule has 3 rings (SSSR count). The maximum Gasteiger partial charge on any atom is 0.313 e. The monoisotopic (exact) mass is 431 g/mol. The SMILES string of the molecule is COc1ccccc1NC(=O)C(=O)NCC1CCCN1S(=O)(=O)c1ccc(C)cc1. The summed E-state index contributed by atoms with van der Waals surface area (Å²) in [7, 11) is -2.20. The third-order valence-corrected chi connectivity index (χ3v) is 6.98. The van der Waals surface area contributed by atoms with Crippen molar-refractivity contribution in [1.82, 2.24) is 9.62 Å². The number of ether oxygens (including phenoxy) is 1. The molecule has 1 saturated heterocycles. The molecule has 1 aliphatic heterocycles. The van der Waals surface area contributed by atoms with Crippen molar-refractivity contribution in [3.05, 3.63) is 54.1 Å². The van der Waals surface area contributed by atoms with Crippen LogP contribution >= 0.6 is 0 Å². The summed E-state index contributed by atoms with van der Waals surface area (Å²) in [6.07, 6.45) is 1.30. The molecule has 0 aromatic heterocycles. The molecular weight excluding hydrogens is 406 g/mol. The van der Waals surface area contributed by atoms with Crippen LogP contribution in [0.25, 0.3) is 0 Å². The van der Waals surface area contributed by atoms with Crippen molar-refractivity contribution in [3.8, 4) is 5.75 Å². The van der Waals surface area contributed by atoms with Crippen molar-refractivity contribution in [1.29, 1.82) is 0 Å². The number of nitrogens with zero attached hydrogens (tertiary/aromatic N) is 1. The van der Waals surface area contributed by atoms with E-state index >= 15 is 0 Å². The molecule has 8 nitrogen and oxygen atoms in total. The van der Waals surface area contributed by atoms with Gasteiger partial charge in [-0.05, 0) is 44.0 Å². The molecule has 1 atom stereocenters. The molecule has 1 aliphatic rings. The van der Waals surface area contributed by atoms with E-state index in [-0.39, 0.29) is 11.4 Å². The van der Waals surface area contributed by atoms with E-state index in [0.717, 1.165) is 5.56 Å². The molecular formula is C21H25N3O5S. The second-order valence-corrected chi connectivity index (χ2v) is 8.98. The Balaban J connectivity index is 1.62. The lowest BCUT2D eigenvalue weighted by Gasteiger charge is -2.24. The topological polar surface area (TPSA) is 105 Å². The summed E-state index contributed by atoms with van der Waals surface area (Å²) < 4.78 is 32.5. The maximum absolute atomic E-state index is 13.0. The van der Waals surface area contributed by atoms with Crippen LogP contribution in [0, 0.1) is 6.92 Å². The number of benzene rings is 2. The minimum atomic E-state index is -3.67. The first-order chi connectivity index (χ1) is 14.3. The lowest BCUT2D eigenvalue weighted by atomic mass is 10.2. The van der Waals surface area contributed by atoms with Crippen LogP contribution < -0.4 is 15.4 Å². The maximum atomic E-state index is 13.0. The number of rotatable bonds is 6. The molecule has 0 bridgehead atoms. The summed E-state index contributed by atoms with van der Waals surface area (Å²) in [5, 5.41) is 5.05. The average molecular weight is 432 g/mol. The largest absolute Gasteiger partial charge is 0.495 e. The Kier molecular flexibility index (Phi) is 6.73. The number of nitrogens with one attached hydrogen (secondary N) is 2. The standard InChI is InChI=1S/C21H25N3O5S/c1-15-9-11-17(12-10-15)30(27,28)24-13-5-6-16(24)14-22-20(25)21(26)23-18-7-3-4-8-19(18)29-2/h3-4,7-12,16H,5-6,13-14H2,1-2H3,(H,22,25)(H,23,26). The van der Waals surface area contributed by atoms with Crippen molar-refractivity contribution < 1.29 is 22.7 Å². The van der Waals surface area contributed by atoms with Gasteiger partial charge in [-0.15, -0.1) is 0 Å². The van der Waals surface area contributed by atoms with E-state index in [2.05, 4.69) is 10.6 Å². The first kappa shape index (κ1) is 21.8. The molecule has 0 saturated carbocycles. The Bertz CT molecular complexity index is 1020. The molecule has 1 heterocycles. The molecule has 160 valence electrons. The summed E-state index contributed by atoms with van der Waals surface area (Å²) in [6, 6.07) is 13.0. The Labute approximate surface area is 176 Å². The van der Waals surface area contributed by atoms with E-state index in [1.807, 2.05) is 6.92 Å². The number of anilines is 1. The summed E-state index contributed by atoms with van der Waals surface area (Å²) in [5.74, 6) is -1.24. The van der Waals surface area contributed by atoms with Crippen LogP contribution in [0.1, 0.15) is 18.4 Å². The van der Waals surface area contributed by atoms with Crippen LogP contribution in [0.5, 0.6) is 5.75 Å². The van der Waals surface area contributed by atoms with Crippen molar-refractivity contribution in [2.24, 2.45) is 0 Å². The van der Waals surface area contributed by atoms with E-state index in [0.29, 0.717) is 30.8 Å². The number of para-hydroxylation sites is 2. The lowest BCUT2D eigenvalue weighted by molar-refractivity contribution is -0.136. The quantitative estimate of drug-likeness (QED) is 0.680. The molecule has 0 spiro atoms. The Hall–Kier alpha value is -2.91. The molecule has 2 amide bonds. The Morgan fingerprint density at radius 3 is 2.50 bits per heavy atom. The lowest BCUT2D eigenvalue weighted by Crippen LogP contribution is -2.45. The van der Waals surface area contributed by atoms with E-state index in [4.69, 9.17) is 4.74 Å². The fourth-order valence-electron chi connectivity index (χ4n) is 3.39. The number of sulfonamides is 1. The second kappa shape index (κ2) is 9.27. The summed E-state index contributed by atoms with van der Waals surface area (Å²) in [6.45, 7) is 2.33. The summed E-state index contributed by atoms with van der Waals surface area (Å²) in [4.78, 5) is 24.7. The Morgan fingerprint density at radius 1 is 1.10 bits per heavy atom. The van der Waals surface area contributed by atoms with Gasteiger partial charge in [0, 0.05) is 19.1 Å². The number of methoxy groups -OCH3 is 1. The minimum Gasteiger partial charge on any atom is -0.495 e. The molecule has 0 radical (unpaired) electrons. The highest BCUT2D eigenvalue weighted by Gasteiger charge is 2.35. The highest BCUT2D eigenvalue weighted by molar-refractivity contribution is 7.89. The molecule has 1 unspecified atom stereocenters. The van der Waals surface area contributed by atoms with Crippen molar-refractivity contribution >= 4 is 27.5 Å². The van der Waals surface area contributed by atoms with Gasteiger partial charge in [-0.3, -0.25) is 9.59 Å². The van der Waals surface area contributed by atoms with E-state index < -0.39 is 27.9 Å². The van der Waals surface area contributed by atoms with Crippen molar-refractivity contribution in [2.75, 3.05) is 25.5 Å². The van der Waals surface area contributed by atoms with Crippen molar-refractivity contribution in [2.45, 2.75) is 30.7 Å². The third kappa shape index (κ3) is 4.80. The zero-order valence-electron chi connectivity index (χ0n) is 16.9. The van der Waals surface area contributed by atoms with E-state index in [1.54, 1.807) is 48.5 Å². The molecule has 0 aliphatic carbocycles. The molecule has 30 heavy (non-hydrogen) atoms. The van der Waals surface area contributed by atoms with Crippen LogP contribution in [0.4, 0.5) is 5.69 Å². The van der Waals surface area contributed by atoms with Crippen LogP contribution in [0.3, 0.4) is 0 Å². The van der Waals surface area contributed by atoms with Crippen LogP contribution in [-0.4, -0.2) is 50.8 Å². The number of carbonyl (C=O) groups excluding carboxylic acids is 2. The first-order valence-corrected chi connectivity index (χ1v) is 11.1. The zero-order valence-corrected chi connectivity index (χ0v) is 17.7. The highest BCUT2D eigenvalue weighted by atomic mass is 32.2. The number of hydrogen-bond acceptors (Lipinski definition) is 5. The molecule has 9 heteroatoms. The summed E-state index contributed by atoms with van der Waals surface area (Å²) in [5.41, 5.74) is 1.35. The Morgan fingerprint density at radius 2 is 1.80 bits per heavy atom. The summed E-state index contributed by atoms with van der Waals surface area (Å²) >= 11 is 0. The van der Waals surface area contributed by atoms with Gasteiger partial charge in [0.25, 0.3) is 0 Å². The van der Waals surface area contributed by atoms with Crippen molar-refractivity contribution in [3.63, 3.8) is 0 Å². The first-order valence-electron chi connectivity index (χ1n) is 9.63. The van der Waals surface area contributed by atoms with Gasteiger partial charge in [0.2, 0.25) is 10.0 Å². The number of aryl methyl sites for hydroxylation is 1. The van der Waals surface area contributed by atoms with Gasteiger partial charge in [0.1, 0.15) is 5.75 Å². The fraction of sp³-hybridized carbons (Fsp3) is 0.333. The number of hydrogen-bond donors (Lipinski definition) is 2. The minimum absolute atomic E-state index is 0.0588. The average Bonchev–Trinajstić information content (AvgIpc) is 3.22. The van der Waals surface area contributed by atoms with E-state index in [1.165, 1.54) is 11.4 Å². The van der Waals surface area contributed by atoms with Gasteiger partial charge in [-0.1, -0.05) is 29.8 Å². The van der Waals surface area contributed by atoms with Crippen LogP contribution in [0.15, 0.2) is 53.4 Å². The number of carbonyl (C=O) groups is 2. The third-order valence-electron chi connectivity index (χ3n) is 5.01. The predicted octanol–water partition coefficient (Wildman–Crippen LogP) is 1.91. The van der Waals surface area contributed by atoms with Gasteiger partial charge >= 0.3 is 11.8 Å². The van der Waals surface area contributed by atoms with Gasteiger partial charge < -0.3 is 15.4 Å².